The number of nitrogen functional groups attached to an aromatic ring is 1. The van der Waals surface area contributed by atoms with Crippen molar-refractivity contribution in [1.82, 2.24) is 30.2 Å². The molecule has 0 fully saturated rings. The minimum Gasteiger partial charge on any atom is -0.368 e. The van der Waals surface area contributed by atoms with Crippen molar-refractivity contribution in [2.75, 3.05) is 5.73 Å². The van der Waals surface area contributed by atoms with E-state index in [9.17, 15) is 0 Å². The molecule has 0 aliphatic rings. The average molecular weight is 163 g/mol. The Kier molecular flexibility index (Phi) is 1.40. The molecule has 0 aromatic carbocycles. The monoisotopic (exact) mass is 163 g/mol. The van der Waals surface area contributed by atoms with Crippen molar-refractivity contribution >= 4 is 5.95 Å². The van der Waals surface area contributed by atoms with Crippen molar-refractivity contribution in [3.05, 3.63) is 18.6 Å². The van der Waals surface area contributed by atoms with Crippen LogP contribution in [0.5, 0.6) is 0 Å². The minimum atomic E-state index is 0.197. The van der Waals surface area contributed by atoms with Crippen molar-refractivity contribution in [3.8, 4) is 5.82 Å². The molecule has 0 atom stereocenters. The molecule has 12 heavy (non-hydrogen) atoms. The number of anilines is 1. The van der Waals surface area contributed by atoms with Gasteiger partial charge in [0.1, 0.15) is 6.33 Å². The van der Waals surface area contributed by atoms with Crippen LogP contribution >= 0.6 is 0 Å². The minimum absolute atomic E-state index is 0.197. The molecule has 0 aliphatic carbocycles. The van der Waals surface area contributed by atoms with Gasteiger partial charge in [-0.1, -0.05) is 0 Å². The maximum atomic E-state index is 5.36. The van der Waals surface area contributed by atoms with Crippen LogP contribution in [0.4, 0.5) is 5.95 Å². The molecule has 0 spiro atoms. The largest absolute Gasteiger partial charge is 0.368 e. The van der Waals surface area contributed by atoms with E-state index in [2.05, 4.69) is 25.5 Å². The number of tetrazole rings is 1. The van der Waals surface area contributed by atoms with Gasteiger partial charge < -0.3 is 5.73 Å². The fourth-order valence-corrected chi connectivity index (χ4v) is 0.758. The van der Waals surface area contributed by atoms with Crippen molar-refractivity contribution in [1.29, 1.82) is 0 Å². The van der Waals surface area contributed by atoms with Crippen LogP contribution < -0.4 is 5.73 Å². The first-order valence-electron chi connectivity index (χ1n) is 3.18. The summed E-state index contributed by atoms with van der Waals surface area (Å²) < 4.78 is 1.40. The van der Waals surface area contributed by atoms with Crippen LogP contribution in [0.1, 0.15) is 0 Å². The molecule has 60 valence electrons. The van der Waals surface area contributed by atoms with Crippen LogP contribution in [-0.2, 0) is 0 Å². The first-order valence-corrected chi connectivity index (χ1v) is 3.18. The van der Waals surface area contributed by atoms with Crippen LogP contribution in [-0.4, -0.2) is 30.2 Å². The fraction of sp³-hybridized carbons (Fsp3) is 0. The summed E-state index contributed by atoms with van der Waals surface area (Å²) in [6.45, 7) is 0. The maximum absolute atomic E-state index is 5.36. The highest BCUT2D eigenvalue weighted by Crippen LogP contribution is 1.99. The summed E-state index contributed by atoms with van der Waals surface area (Å²) in [4.78, 5) is 7.64. The summed E-state index contributed by atoms with van der Waals surface area (Å²) in [6, 6.07) is 1.66. The molecule has 2 heterocycles. The number of nitrogens with zero attached hydrogens (tertiary/aromatic N) is 6. The molecule has 7 heteroatoms. The molecule has 0 radical (unpaired) electrons. The Labute approximate surface area is 67.3 Å². The molecule has 0 amide bonds. The van der Waals surface area contributed by atoms with E-state index >= 15 is 0 Å². The SMILES string of the molecule is Nc1nccc(-n2cnnn2)n1. The van der Waals surface area contributed by atoms with Crippen LogP contribution in [0.2, 0.25) is 0 Å². The highest BCUT2D eigenvalue weighted by Gasteiger charge is 1.98. The molecule has 2 aromatic rings. The molecule has 0 aliphatic heterocycles. The van der Waals surface area contributed by atoms with Crippen LogP contribution in [0.15, 0.2) is 18.6 Å². The molecule has 7 nitrogen and oxygen atoms in total. The molecule has 0 bridgehead atoms. The normalized spacial score (nSPS) is 10.0. The summed E-state index contributed by atoms with van der Waals surface area (Å²) in [7, 11) is 0. The number of hydrogen-bond acceptors (Lipinski definition) is 6. The van der Waals surface area contributed by atoms with Gasteiger partial charge in [-0.25, -0.2) is 4.98 Å². The van der Waals surface area contributed by atoms with E-state index in [1.807, 2.05) is 0 Å². The smallest absolute Gasteiger partial charge is 0.222 e. The van der Waals surface area contributed by atoms with Gasteiger partial charge in [-0.05, 0) is 10.4 Å². The first kappa shape index (κ1) is 6.65. The zero-order valence-corrected chi connectivity index (χ0v) is 5.99. The number of rotatable bonds is 1. The summed E-state index contributed by atoms with van der Waals surface area (Å²) in [6.07, 6.45) is 2.97. The molecule has 0 saturated heterocycles. The molecule has 2 aromatic heterocycles. The quantitative estimate of drug-likeness (QED) is 0.581. The number of nitrogens with two attached hydrogens (primary N) is 1. The first-order chi connectivity index (χ1) is 5.86. The third kappa shape index (κ3) is 1.07. The lowest BCUT2D eigenvalue weighted by molar-refractivity contribution is 0.769. The van der Waals surface area contributed by atoms with Crippen LogP contribution in [0.25, 0.3) is 5.82 Å². The van der Waals surface area contributed by atoms with Gasteiger partial charge in [0.25, 0.3) is 0 Å². The molecule has 2 rings (SSSR count). The van der Waals surface area contributed by atoms with Gasteiger partial charge in [0.2, 0.25) is 5.95 Å². The van der Waals surface area contributed by atoms with Gasteiger partial charge in [-0.3, -0.25) is 0 Å². The van der Waals surface area contributed by atoms with Gasteiger partial charge in [0.15, 0.2) is 5.82 Å². The Hall–Kier alpha value is -2.05. The van der Waals surface area contributed by atoms with Crippen LogP contribution in [0, 0.1) is 0 Å². The zero-order chi connectivity index (χ0) is 8.39. The molecule has 0 unspecified atom stereocenters. The van der Waals surface area contributed by atoms with Crippen molar-refractivity contribution in [2.45, 2.75) is 0 Å². The Morgan fingerprint density at radius 1 is 1.42 bits per heavy atom. The van der Waals surface area contributed by atoms with E-state index in [4.69, 9.17) is 5.73 Å². The van der Waals surface area contributed by atoms with E-state index in [1.54, 1.807) is 12.3 Å². The highest BCUT2D eigenvalue weighted by molar-refractivity contribution is 5.25. The second kappa shape index (κ2) is 2.53. The maximum Gasteiger partial charge on any atom is 0.222 e. The van der Waals surface area contributed by atoms with E-state index in [0.29, 0.717) is 5.82 Å². The van der Waals surface area contributed by atoms with Gasteiger partial charge in [-0.2, -0.15) is 9.67 Å². The molecule has 0 saturated carbocycles. The van der Waals surface area contributed by atoms with Crippen molar-refractivity contribution < 1.29 is 0 Å². The lowest BCUT2D eigenvalue weighted by Crippen LogP contribution is -2.02. The Morgan fingerprint density at radius 3 is 3.00 bits per heavy atom. The Balaban J connectivity index is 2.48. The summed E-state index contributed by atoms with van der Waals surface area (Å²) in [5.74, 6) is 0.746. The molecular formula is C5H5N7. The summed E-state index contributed by atoms with van der Waals surface area (Å²) >= 11 is 0. The average Bonchev–Trinajstić information content (AvgIpc) is 2.56. The third-order valence-corrected chi connectivity index (χ3v) is 1.24. The second-order valence-corrected chi connectivity index (χ2v) is 2.03. The predicted molar refractivity (Wildman–Crippen MR) is 39.2 cm³/mol. The summed E-state index contributed by atoms with van der Waals surface area (Å²) in [5, 5.41) is 10.6. The van der Waals surface area contributed by atoms with E-state index in [-0.39, 0.29) is 5.95 Å². The fourth-order valence-electron chi connectivity index (χ4n) is 0.758. The topological polar surface area (TPSA) is 95.4 Å². The lowest BCUT2D eigenvalue weighted by atomic mass is 10.6. The number of hydrogen-bond donors (Lipinski definition) is 1. The van der Waals surface area contributed by atoms with Gasteiger partial charge >= 0.3 is 0 Å². The Morgan fingerprint density at radius 2 is 2.33 bits per heavy atom. The zero-order valence-electron chi connectivity index (χ0n) is 5.99. The van der Waals surface area contributed by atoms with Crippen molar-refractivity contribution in [2.24, 2.45) is 0 Å². The highest BCUT2D eigenvalue weighted by atomic mass is 15.5. The standard InChI is InChI=1S/C5H5N7/c6-5-7-2-1-4(9-5)12-3-8-10-11-12/h1-3H,(H2,6,7,9). The lowest BCUT2D eigenvalue weighted by Gasteiger charge is -1.96. The molecular weight excluding hydrogens is 158 g/mol. The predicted octanol–water partition coefficient (Wildman–Crippen LogP) is -0.966. The van der Waals surface area contributed by atoms with E-state index in [1.165, 1.54) is 11.0 Å². The van der Waals surface area contributed by atoms with E-state index in [0.717, 1.165) is 0 Å². The van der Waals surface area contributed by atoms with Gasteiger partial charge in [-0.15, -0.1) is 5.10 Å². The van der Waals surface area contributed by atoms with Gasteiger partial charge in [0, 0.05) is 12.3 Å². The van der Waals surface area contributed by atoms with Gasteiger partial charge in [0.05, 0.1) is 0 Å². The summed E-state index contributed by atoms with van der Waals surface area (Å²) in [5.41, 5.74) is 5.36. The Bertz CT molecular complexity index is 367. The number of aromatic nitrogens is 6. The van der Waals surface area contributed by atoms with E-state index < -0.39 is 0 Å². The third-order valence-electron chi connectivity index (χ3n) is 1.24. The second-order valence-electron chi connectivity index (χ2n) is 2.03. The van der Waals surface area contributed by atoms with Crippen molar-refractivity contribution in [3.63, 3.8) is 0 Å². The molecule has 2 N–H and O–H groups in total. The van der Waals surface area contributed by atoms with Crippen LogP contribution in [0.3, 0.4) is 0 Å².